The number of aromatic nitrogens is 3. The third kappa shape index (κ3) is 3.70. The van der Waals surface area contributed by atoms with Gasteiger partial charge >= 0.3 is 0 Å². The normalized spacial score (nSPS) is 22.2. The summed E-state index contributed by atoms with van der Waals surface area (Å²) in [6.07, 6.45) is -0.205. The SMILES string of the molecule is CCNc1nc(N(C)C)nc(N2CC(CO)OCC2C)n1. The van der Waals surface area contributed by atoms with Crippen LogP contribution in [0.15, 0.2) is 0 Å². The zero-order chi connectivity index (χ0) is 15.4. The van der Waals surface area contributed by atoms with Crippen LogP contribution in [0.4, 0.5) is 17.8 Å². The van der Waals surface area contributed by atoms with Crippen LogP contribution >= 0.6 is 0 Å². The maximum atomic E-state index is 9.30. The molecular weight excluding hydrogens is 272 g/mol. The molecule has 0 amide bonds. The third-order valence-corrected chi connectivity index (χ3v) is 3.31. The van der Waals surface area contributed by atoms with Crippen molar-refractivity contribution < 1.29 is 9.84 Å². The minimum Gasteiger partial charge on any atom is -0.394 e. The molecule has 2 unspecified atom stereocenters. The van der Waals surface area contributed by atoms with Crippen LogP contribution < -0.4 is 15.1 Å². The topological polar surface area (TPSA) is 86.6 Å². The van der Waals surface area contributed by atoms with Crippen LogP contribution in [0, 0.1) is 0 Å². The molecule has 1 fully saturated rings. The van der Waals surface area contributed by atoms with E-state index in [1.54, 1.807) is 0 Å². The number of nitrogens with zero attached hydrogens (tertiary/aromatic N) is 5. The van der Waals surface area contributed by atoms with Crippen molar-refractivity contribution >= 4 is 17.8 Å². The average Bonchev–Trinajstić information content (AvgIpc) is 2.47. The van der Waals surface area contributed by atoms with E-state index in [2.05, 4.69) is 32.1 Å². The van der Waals surface area contributed by atoms with Gasteiger partial charge in [0.25, 0.3) is 0 Å². The van der Waals surface area contributed by atoms with Crippen LogP contribution in [-0.2, 0) is 4.74 Å². The molecule has 8 heteroatoms. The summed E-state index contributed by atoms with van der Waals surface area (Å²) < 4.78 is 5.56. The van der Waals surface area contributed by atoms with Gasteiger partial charge in [-0.25, -0.2) is 0 Å². The smallest absolute Gasteiger partial charge is 0.232 e. The van der Waals surface area contributed by atoms with Crippen LogP contribution in [0.1, 0.15) is 13.8 Å². The Bertz CT molecular complexity index is 470. The molecule has 2 atom stereocenters. The summed E-state index contributed by atoms with van der Waals surface area (Å²) in [5, 5.41) is 12.4. The highest BCUT2D eigenvalue weighted by molar-refractivity contribution is 5.45. The highest BCUT2D eigenvalue weighted by Gasteiger charge is 2.28. The van der Waals surface area contributed by atoms with Crippen molar-refractivity contribution in [1.82, 2.24) is 15.0 Å². The van der Waals surface area contributed by atoms with Crippen molar-refractivity contribution in [3.05, 3.63) is 0 Å². The van der Waals surface area contributed by atoms with E-state index in [0.717, 1.165) is 6.54 Å². The Morgan fingerprint density at radius 3 is 2.76 bits per heavy atom. The first kappa shape index (κ1) is 15.7. The number of aliphatic hydroxyl groups excluding tert-OH is 1. The molecule has 0 bridgehead atoms. The van der Waals surface area contributed by atoms with Crippen LogP contribution in [-0.4, -0.2) is 72.6 Å². The number of aliphatic hydroxyl groups is 1. The van der Waals surface area contributed by atoms with E-state index in [-0.39, 0.29) is 18.8 Å². The summed E-state index contributed by atoms with van der Waals surface area (Å²) in [7, 11) is 3.79. The fourth-order valence-corrected chi connectivity index (χ4v) is 2.13. The van der Waals surface area contributed by atoms with E-state index in [9.17, 15) is 5.11 Å². The number of anilines is 3. The predicted molar refractivity (Wildman–Crippen MR) is 82.0 cm³/mol. The van der Waals surface area contributed by atoms with Gasteiger partial charge in [0.05, 0.1) is 25.4 Å². The summed E-state index contributed by atoms with van der Waals surface area (Å²) in [6, 6.07) is 0.152. The molecule has 0 spiro atoms. The Kier molecular flexibility index (Phi) is 5.13. The molecule has 0 saturated carbocycles. The molecule has 1 aromatic heterocycles. The molecule has 21 heavy (non-hydrogen) atoms. The Hall–Kier alpha value is -1.67. The fourth-order valence-electron chi connectivity index (χ4n) is 2.13. The summed E-state index contributed by atoms with van der Waals surface area (Å²) in [5.74, 6) is 1.78. The molecule has 2 rings (SSSR count). The van der Waals surface area contributed by atoms with E-state index < -0.39 is 0 Å². The van der Waals surface area contributed by atoms with Crippen LogP contribution in [0.3, 0.4) is 0 Å². The Labute approximate surface area is 125 Å². The molecule has 2 heterocycles. The molecule has 0 aromatic carbocycles. The number of nitrogens with one attached hydrogen (secondary N) is 1. The lowest BCUT2D eigenvalue weighted by molar-refractivity contribution is -0.0108. The number of morpholine rings is 1. The largest absolute Gasteiger partial charge is 0.394 e. The lowest BCUT2D eigenvalue weighted by Crippen LogP contribution is -2.50. The lowest BCUT2D eigenvalue weighted by atomic mass is 10.2. The second-order valence-electron chi connectivity index (χ2n) is 5.32. The quantitative estimate of drug-likeness (QED) is 0.782. The Balaban J connectivity index is 2.31. The van der Waals surface area contributed by atoms with Crippen molar-refractivity contribution in [2.45, 2.75) is 26.0 Å². The molecule has 118 valence electrons. The molecule has 1 aromatic rings. The fraction of sp³-hybridized carbons (Fsp3) is 0.769. The number of rotatable bonds is 5. The van der Waals surface area contributed by atoms with Crippen LogP contribution in [0.5, 0.6) is 0 Å². The van der Waals surface area contributed by atoms with Crippen molar-refractivity contribution in [3.63, 3.8) is 0 Å². The maximum Gasteiger partial charge on any atom is 0.232 e. The molecule has 1 saturated heterocycles. The third-order valence-electron chi connectivity index (χ3n) is 3.31. The highest BCUT2D eigenvalue weighted by Crippen LogP contribution is 2.21. The van der Waals surface area contributed by atoms with Crippen molar-refractivity contribution in [2.24, 2.45) is 0 Å². The molecule has 1 aliphatic rings. The first-order valence-corrected chi connectivity index (χ1v) is 7.21. The lowest BCUT2D eigenvalue weighted by Gasteiger charge is -2.37. The molecule has 2 N–H and O–H groups in total. The minimum atomic E-state index is -0.205. The van der Waals surface area contributed by atoms with Gasteiger partial charge in [0.2, 0.25) is 17.8 Å². The standard InChI is InChI=1S/C13H24N6O2/c1-5-14-11-15-12(18(3)4)17-13(16-11)19-6-10(7-20)21-8-9(19)2/h9-10,20H,5-8H2,1-4H3,(H,14,15,16,17). The van der Waals surface area contributed by atoms with E-state index in [1.165, 1.54) is 0 Å². The van der Waals surface area contributed by atoms with Gasteiger partial charge in [-0.2, -0.15) is 15.0 Å². The molecule has 8 nitrogen and oxygen atoms in total. The van der Waals surface area contributed by atoms with E-state index in [4.69, 9.17) is 4.74 Å². The second kappa shape index (κ2) is 6.86. The monoisotopic (exact) mass is 296 g/mol. The minimum absolute atomic E-state index is 0.00505. The summed E-state index contributed by atoms with van der Waals surface area (Å²) in [5.41, 5.74) is 0. The zero-order valence-electron chi connectivity index (χ0n) is 13.1. The predicted octanol–water partition coefficient (Wildman–Crippen LogP) is -0.0446. The molecular formula is C13H24N6O2. The maximum absolute atomic E-state index is 9.30. The summed E-state index contributed by atoms with van der Waals surface area (Å²) >= 11 is 0. The van der Waals surface area contributed by atoms with Gasteiger partial charge in [-0.15, -0.1) is 0 Å². The van der Waals surface area contributed by atoms with E-state index >= 15 is 0 Å². The molecule has 0 radical (unpaired) electrons. The average molecular weight is 296 g/mol. The summed E-state index contributed by atoms with van der Waals surface area (Å²) in [6.45, 7) is 5.91. The van der Waals surface area contributed by atoms with Gasteiger partial charge in [0.1, 0.15) is 0 Å². The number of hydrogen-bond donors (Lipinski definition) is 2. The van der Waals surface area contributed by atoms with Crippen molar-refractivity contribution in [3.8, 4) is 0 Å². The number of ether oxygens (including phenoxy) is 1. The first-order valence-electron chi connectivity index (χ1n) is 7.21. The van der Waals surface area contributed by atoms with E-state index in [0.29, 0.717) is 31.0 Å². The Morgan fingerprint density at radius 2 is 2.14 bits per heavy atom. The van der Waals surface area contributed by atoms with Crippen molar-refractivity contribution in [1.29, 1.82) is 0 Å². The number of hydrogen-bond acceptors (Lipinski definition) is 8. The molecule has 1 aliphatic heterocycles. The first-order chi connectivity index (χ1) is 10.0. The van der Waals surface area contributed by atoms with E-state index in [1.807, 2.05) is 25.9 Å². The second-order valence-corrected chi connectivity index (χ2v) is 5.32. The highest BCUT2D eigenvalue weighted by atomic mass is 16.5. The van der Waals surface area contributed by atoms with Gasteiger partial charge < -0.3 is 25.0 Å². The van der Waals surface area contributed by atoms with Crippen molar-refractivity contribution in [2.75, 3.05) is 55.5 Å². The van der Waals surface area contributed by atoms with Crippen LogP contribution in [0.2, 0.25) is 0 Å². The summed E-state index contributed by atoms with van der Waals surface area (Å²) in [4.78, 5) is 17.3. The van der Waals surface area contributed by atoms with Gasteiger partial charge in [-0.1, -0.05) is 0 Å². The Morgan fingerprint density at radius 1 is 1.38 bits per heavy atom. The zero-order valence-corrected chi connectivity index (χ0v) is 13.1. The molecule has 0 aliphatic carbocycles. The van der Waals surface area contributed by atoms with Gasteiger partial charge in [-0.3, -0.25) is 0 Å². The van der Waals surface area contributed by atoms with Gasteiger partial charge in [0, 0.05) is 27.2 Å². The van der Waals surface area contributed by atoms with Gasteiger partial charge in [-0.05, 0) is 13.8 Å². The van der Waals surface area contributed by atoms with Gasteiger partial charge in [0.15, 0.2) is 0 Å². The van der Waals surface area contributed by atoms with Crippen LogP contribution in [0.25, 0.3) is 0 Å².